The summed E-state index contributed by atoms with van der Waals surface area (Å²) in [6.45, 7) is 13.7. The minimum absolute atomic E-state index is 0.0544. The van der Waals surface area contributed by atoms with Gasteiger partial charge in [-0.05, 0) is 76.1 Å². The third kappa shape index (κ3) is 7.44. The van der Waals surface area contributed by atoms with Crippen molar-refractivity contribution in [1.82, 2.24) is 9.21 Å². The van der Waals surface area contributed by atoms with Gasteiger partial charge in [0.15, 0.2) is 0 Å². The highest BCUT2D eigenvalue weighted by Gasteiger charge is 2.34. The van der Waals surface area contributed by atoms with E-state index >= 15 is 0 Å². The predicted octanol–water partition coefficient (Wildman–Crippen LogP) is 4.46. The Morgan fingerprint density at radius 2 is 1.47 bits per heavy atom. The Balaban J connectivity index is 0.00000222. The molecule has 9 nitrogen and oxygen atoms in total. The molecular formula is C26H37N3O6S. The van der Waals surface area contributed by atoms with Crippen molar-refractivity contribution < 1.29 is 27.5 Å². The van der Waals surface area contributed by atoms with E-state index in [-0.39, 0.29) is 42.4 Å². The molecule has 2 N–H and O–H groups in total. The number of hydrogen-bond donors (Lipinski definition) is 1. The average molecular weight is 520 g/mol. The molecule has 0 aliphatic carbocycles. The minimum atomic E-state index is -4.05. The highest BCUT2D eigenvalue weighted by Crippen LogP contribution is 2.33. The van der Waals surface area contributed by atoms with Gasteiger partial charge in [-0.1, -0.05) is 19.9 Å². The van der Waals surface area contributed by atoms with Crippen LogP contribution in [-0.2, 0) is 14.8 Å². The van der Waals surface area contributed by atoms with E-state index in [1.807, 2.05) is 33.8 Å². The summed E-state index contributed by atoms with van der Waals surface area (Å²) in [5.41, 5.74) is 6.74. The van der Waals surface area contributed by atoms with Crippen molar-refractivity contribution in [3.05, 3.63) is 53.1 Å². The molecule has 1 saturated heterocycles. The zero-order chi connectivity index (χ0) is 27.3. The van der Waals surface area contributed by atoms with Crippen molar-refractivity contribution in [3.8, 4) is 11.5 Å². The van der Waals surface area contributed by atoms with Gasteiger partial charge in [-0.3, -0.25) is 4.79 Å². The predicted molar refractivity (Wildman–Crippen MR) is 139 cm³/mol. The largest absolute Gasteiger partial charge is 0.456 e. The van der Waals surface area contributed by atoms with Crippen molar-refractivity contribution in [2.24, 2.45) is 5.73 Å². The number of benzene rings is 2. The Hall–Kier alpha value is -3.11. The Bertz CT molecular complexity index is 1180. The molecule has 0 unspecified atom stereocenters. The van der Waals surface area contributed by atoms with Gasteiger partial charge >= 0.3 is 6.09 Å². The molecule has 0 atom stereocenters. The summed E-state index contributed by atoms with van der Waals surface area (Å²) in [6, 6.07) is 9.66. The van der Waals surface area contributed by atoms with E-state index in [0.29, 0.717) is 5.75 Å². The van der Waals surface area contributed by atoms with Gasteiger partial charge in [0.2, 0.25) is 15.9 Å². The quantitative estimate of drug-likeness (QED) is 0.623. The number of primary amides is 1. The van der Waals surface area contributed by atoms with Crippen molar-refractivity contribution in [3.63, 3.8) is 0 Å². The second-order valence-corrected chi connectivity index (χ2v) is 11.2. The van der Waals surface area contributed by atoms with E-state index in [1.54, 1.807) is 32.9 Å². The van der Waals surface area contributed by atoms with Gasteiger partial charge in [0.05, 0.1) is 0 Å². The number of nitrogens with zero attached hydrogens (tertiary/aromatic N) is 2. The first kappa shape index (κ1) is 29.1. The van der Waals surface area contributed by atoms with Crippen LogP contribution in [0.5, 0.6) is 11.5 Å². The molecule has 198 valence electrons. The SMILES string of the molecule is CC.Cc1cc(C)cc(Oc2ccc(C(N)=O)cc2S(=O)(=O)N2CCN(C(=O)OC(C)(C)C)CC2)c1. The molecule has 10 heteroatoms. The number of ether oxygens (including phenoxy) is 2. The third-order valence-corrected chi connectivity index (χ3v) is 7.08. The maximum absolute atomic E-state index is 13.6. The van der Waals surface area contributed by atoms with Crippen LogP contribution in [0.2, 0.25) is 0 Å². The van der Waals surface area contributed by atoms with E-state index in [2.05, 4.69) is 0 Å². The smallest absolute Gasteiger partial charge is 0.410 e. The van der Waals surface area contributed by atoms with E-state index in [9.17, 15) is 18.0 Å². The molecule has 2 aromatic carbocycles. The summed E-state index contributed by atoms with van der Waals surface area (Å²) in [5, 5.41) is 0. The maximum atomic E-state index is 13.6. The number of piperazine rings is 1. The Labute approximate surface area is 214 Å². The molecule has 0 bridgehead atoms. The molecule has 1 aliphatic rings. The molecule has 0 aromatic heterocycles. The summed E-state index contributed by atoms with van der Waals surface area (Å²) in [7, 11) is -4.05. The fourth-order valence-corrected chi connectivity index (χ4v) is 5.20. The summed E-state index contributed by atoms with van der Waals surface area (Å²) >= 11 is 0. The zero-order valence-electron chi connectivity index (χ0n) is 22.1. The number of sulfonamides is 1. The van der Waals surface area contributed by atoms with Crippen LogP contribution in [0.3, 0.4) is 0 Å². The van der Waals surface area contributed by atoms with Gasteiger partial charge in [0.1, 0.15) is 22.0 Å². The highest BCUT2D eigenvalue weighted by molar-refractivity contribution is 7.89. The van der Waals surface area contributed by atoms with Crippen molar-refractivity contribution in [2.45, 2.75) is 59.0 Å². The number of carbonyl (C=O) groups excluding carboxylic acids is 2. The van der Waals surface area contributed by atoms with E-state index < -0.39 is 27.6 Å². The first-order valence-corrected chi connectivity index (χ1v) is 13.4. The molecule has 1 heterocycles. The Morgan fingerprint density at radius 3 is 1.97 bits per heavy atom. The molecule has 0 spiro atoms. The molecule has 0 saturated carbocycles. The number of amides is 2. The summed E-state index contributed by atoms with van der Waals surface area (Å²) in [6.07, 6.45) is -0.487. The normalized spacial score (nSPS) is 14.5. The van der Waals surface area contributed by atoms with Gasteiger partial charge < -0.3 is 20.1 Å². The fourth-order valence-electron chi connectivity index (χ4n) is 3.64. The standard InChI is InChI=1S/C24H31N3O6S.C2H6/c1-16-12-17(2)14-19(13-16)32-20-7-6-18(22(25)28)15-21(20)34(30,31)27-10-8-26(9-11-27)23(29)33-24(3,4)5;1-2/h6-7,12-15H,8-11H2,1-5H3,(H2,25,28);1-2H3. The zero-order valence-corrected chi connectivity index (χ0v) is 22.9. The molecule has 3 rings (SSSR count). The Kier molecular flexibility index (Phi) is 9.51. The first-order valence-electron chi connectivity index (χ1n) is 11.9. The number of nitrogens with two attached hydrogens (primary N) is 1. The maximum Gasteiger partial charge on any atom is 0.410 e. The second kappa shape index (κ2) is 11.7. The van der Waals surface area contributed by atoms with Gasteiger partial charge in [-0.15, -0.1) is 0 Å². The van der Waals surface area contributed by atoms with Crippen LogP contribution < -0.4 is 10.5 Å². The van der Waals surface area contributed by atoms with Gasteiger partial charge in [-0.25, -0.2) is 13.2 Å². The topological polar surface area (TPSA) is 119 Å². The number of hydrogen-bond acceptors (Lipinski definition) is 6. The van der Waals surface area contributed by atoms with Gasteiger partial charge in [-0.2, -0.15) is 4.31 Å². The van der Waals surface area contributed by atoms with Crippen LogP contribution >= 0.6 is 0 Å². The first-order chi connectivity index (χ1) is 16.8. The van der Waals surface area contributed by atoms with Crippen molar-refractivity contribution >= 4 is 22.0 Å². The van der Waals surface area contributed by atoms with Crippen LogP contribution in [-0.4, -0.2) is 61.4 Å². The number of carbonyl (C=O) groups is 2. The number of rotatable bonds is 5. The third-order valence-electron chi connectivity index (χ3n) is 5.16. The summed E-state index contributed by atoms with van der Waals surface area (Å²) in [5.74, 6) is -0.177. The van der Waals surface area contributed by atoms with Crippen LogP contribution in [0.15, 0.2) is 41.3 Å². The summed E-state index contributed by atoms with van der Waals surface area (Å²) < 4.78 is 39.7. The molecular weight excluding hydrogens is 482 g/mol. The highest BCUT2D eigenvalue weighted by atomic mass is 32.2. The molecule has 1 aliphatic heterocycles. The van der Waals surface area contributed by atoms with Crippen LogP contribution in [0.4, 0.5) is 4.79 Å². The Morgan fingerprint density at radius 1 is 0.917 bits per heavy atom. The van der Waals surface area contributed by atoms with Crippen LogP contribution in [0, 0.1) is 13.8 Å². The van der Waals surface area contributed by atoms with Crippen molar-refractivity contribution in [2.75, 3.05) is 26.2 Å². The molecule has 2 aromatic rings. The molecule has 2 amide bonds. The average Bonchev–Trinajstić information content (AvgIpc) is 2.78. The monoisotopic (exact) mass is 519 g/mol. The van der Waals surface area contributed by atoms with E-state index in [0.717, 1.165) is 11.1 Å². The fraction of sp³-hybridized carbons (Fsp3) is 0.462. The van der Waals surface area contributed by atoms with E-state index in [1.165, 1.54) is 27.4 Å². The minimum Gasteiger partial charge on any atom is -0.456 e. The van der Waals surface area contributed by atoms with Crippen LogP contribution in [0.25, 0.3) is 0 Å². The number of aryl methyl sites for hydroxylation is 2. The molecule has 1 fully saturated rings. The lowest BCUT2D eigenvalue weighted by Crippen LogP contribution is -2.51. The van der Waals surface area contributed by atoms with E-state index in [4.69, 9.17) is 15.2 Å². The second-order valence-electron chi connectivity index (χ2n) is 9.32. The van der Waals surface area contributed by atoms with Gasteiger partial charge in [0.25, 0.3) is 0 Å². The summed E-state index contributed by atoms with van der Waals surface area (Å²) in [4.78, 5) is 25.4. The molecule has 36 heavy (non-hydrogen) atoms. The van der Waals surface area contributed by atoms with Gasteiger partial charge in [0, 0.05) is 31.7 Å². The lowest BCUT2D eigenvalue weighted by Gasteiger charge is -2.35. The van der Waals surface area contributed by atoms with Crippen molar-refractivity contribution in [1.29, 1.82) is 0 Å². The lowest BCUT2D eigenvalue weighted by atomic mass is 10.1. The van der Waals surface area contributed by atoms with Crippen LogP contribution in [0.1, 0.15) is 56.1 Å². The lowest BCUT2D eigenvalue weighted by molar-refractivity contribution is 0.0192. The molecule has 0 radical (unpaired) electrons.